The number of hydrogen-bond acceptors (Lipinski definition) is 2. The lowest BCUT2D eigenvalue weighted by atomic mass is 9.80. The Hall–Kier alpha value is -1.62. The molecule has 0 amide bonds. The summed E-state index contributed by atoms with van der Waals surface area (Å²) in [4.78, 5) is 11.8. The van der Waals surface area contributed by atoms with E-state index >= 15 is 0 Å². The SMILES string of the molecule is C[C@]1(c2ccc(C#N)cc2)CCCC1=O. The van der Waals surface area contributed by atoms with Gasteiger partial charge in [0.15, 0.2) is 0 Å². The predicted octanol–water partition coefficient (Wildman–Crippen LogP) is 2.57. The number of nitrogens with zero attached hydrogens (tertiary/aromatic N) is 1. The van der Waals surface area contributed by atoms with Gasteiger partial charge in [0.05, 0.1) is 17.0 Å². The fourth-order valence-corrected chi connectivity index (χ4v) is 2.24. The van der Waals surface area contributed by atoms with E-state index in [1.807, 2.05) is 19.1 Å². The molecule has 0 saturated heterocycles. The van der Waals surface area contributed by atoms with Crippen molar-refractivity contribution in [2.75, 3.05) is 0 Å². The van der Waals surface area contributed by atoms with Crippen LogP contribution in [0.3, 0.4) is 0 Å². The molecule has 1 fully saturated rings. The summed E-state index contributed by atoms with van der Waals surface area (Å²) in [5.41, 5.74) is 1.38. The number of nitriles is 1. The van der Waals surface area contributed by atoms with Crippen molar-refractivity contribution in [2.45, 2.75) is 31.6 Å². The molecule has 15 heavy (non-hydrogen) atoms. The average Bonchev–Trinajstić information content (AvgIpc) is 2.61. The van der Waals surface area contributed by atoms with Gasteiger partial charge in [-0.1, -0.05) is 12.1 Å². The van der Waals surface area contributed by atoms with E-state index in [1.165, 1.54) is 0 Å². The predicted molar refractivity (Wildman–Crippen MR) is 57.4 cm³/mol. The van der Waals surface area contributed by atoms with Gasteiger partial charge in [-0.25, -0.2) is 0 Å². The van der Waals surface area contributed by atoms with Crippen molar-refractivity contribution in [3.63, 3.8) is 0 Å². The summed E-state index contributed by atoms with van der Waals surface area (Å²) in [6, 6.07) is 9.46. The topological polar surface area (TPSA) is 40.9 Å². The maximum Gasteiger partial charge on any atom is 0.143 e. The first kappa shape index (κ1) is 9.92. The van der Waals surface area contributed by atoms with Gasteiger partial charge in [-0.2, -0.15) is 5.26 Å². The molecule has 2 nitrogen and oxygen atoms in total. The van der Waals surface area contributed by atoms with Crippen LogP contribution in [0.25, 0.3) is 0 Å². The highest BCUT2D eigenvalue weighted by molar-refractivity contribution is 5.91. The van der Waals surface area contributed by atoms with Crippen molar-refractivity contribution in [1.29, 1.82) is 5.26 Å². The van der Waals surface area contributed by atoms with E-state index < -0.39 is 0 Å². The minimum atomic E-state index is -0.312. The summed E-state index contributed by atoms with van der Waals surface area (Å²) in [6.07, 6.45) is 2.60. The molecule has 76 valence electrons. The minimum Gasteiger partial charge on any atom is -0.299 e. The Morgan fingerprint density at radius 3 is 2.47 bits per heavy atom. The zero-order chi connectivity index (χ0) is 10.9. The minimum absolute atomic E-state index is 0.312. The Balaban J connectivity index is 2.37. The first-order valence-corrected chi connectivity index (χ1v) is 5.21. The van der Waals surface area contributed by atoms with Crippen molar-refractivity contribution < 1.29 is 4.79 Å². The van der Waals surface area contributed by atoms with E-state index in [2.05, 4.69) is 6.07 Å². The van der Waals surface area contributed by atoms with Crippen LogP contribution in [0.2, 0.25) is 0 Å². The van der Waals surface area contributed by atoms with Crippen LogP contribution < -0.4 is 0 Å². The Kier molecular flexibility index (Phi) is 2.32. The number of hydrogen-bond donors (Lipinski definition) is 0. The maximum absolute atomic E-state index is 11.8. The standard InChI is InChI=1S/C13H13NO/c1-13(8-2-3-12(13)15)11-6-4-10(9-14)5-7-11/h4-7H,2-3,8H2,1H3/t13-/m1/s1. The van der Waals surface area contributed by atoms with Gasteiger partial charge in [0, 0.05) is 6.42 Å². The number of Topliss-reactive ketones (excluding diaryl/α,β-unsaturated/α-hetero) is 1. The number of carbonyl (C=O) groups excluding carboxylic acids is 1. The lowest BCUT2D eigenvalue weighted by molar-refractivity contribution is -0.121. The number of benzene rings is 1. The molecule has 0 aliphatic heterocycles. The third-order valence-corrected chi connectivity index (χ3v) is 3.35. The third kappa shape index (κ3) is 1.55. The summed E-state index contributed by atoms with van der Waals surface area (Å²) in [7, 11) is 0. The van der Waals surface area contributed by atoms with E-state index in [1.54, 1.807) is 12.1 Å². The van der Waals surface area contributed by atoms with Crippen LogP contribution in [0.15, 0.2) is 24.3 Å². The highest BCUT2D eigenvalue weighted by Gasteiger charge is 2.38. The van der Waals surface area contributed by atoms with Crippen molar-refractivity contribution in [1.82, 2.24) is 0 Å². The summed E-state index contributed by atoms with van der Waals surface area (Å²) in [5, 5.41) is 8.69. The molecule has 0 N–H and O–H groups in total. The van der Waals surface area contributed by atoms with Crippen molar-refractivity contribution in [2.24, 2.45) is 0 Å². The molecule has 2 heteroatoms. The van der Waals surface area contributed by atoms with Crippen LogP contribution in [0.1, 0.15) is 37.3 Å². The molecule has 1 aliphatic rings. The van der Waals surface area contributed by atoms with E-state index in [4.69, 9.17) is 5.26 Å². The van der Waals surface area contributed by atoms with Gasteiger partial charge in [0.25, 0.3) is 0 Å². The fourth-order valence-electron chi connectivity index (χ4n) is 2.24. The number of rotatable bonds is 1. The molecule has 0 spiro atoms. The highest BCUT2D eigenvalue weighted by atomic mass is 16.1. The molecular formula is C13H13NO. The molecule has 1 atom stereocenters. The molecule has 0 aromatic heterocycles. The summed E-state index contributed by atoms with van der Waals surface area (Å²) in [6.45, 7) is 2.00. The molecular weight excluding hydrogens is 186 g/mol. The summed E-state index contributed by atoms with van der Waals surface area (Å²) < 4.78 is 0. The molecule has 1 saturated carbocycles. The largest absolute Gasteiger partial charge is 0.299 e. The molecule has 0 radical (unpaired) electrons. The zero-order valence-electron chi connectivity index (χ0n) is 8.79. The second-order valence-corrected chi connectivity index (χ2v) is 4.30. The molecule has 1 aromatic carbocycles. The van der Waals surface area contributed by atoms with E-state index in [0.29, 0.717) is 17.8 Å². The maximum atomic E-state index is 11.8. The van der Waals surface area contributed by atoms with Gasteiger partial charge in [0.1, 0.15) is 5.78 Å². The second-order valence-electron chi connectivity index (χ2n) is 4.30. The third-order valence-electron chi connectivity index (χ3n) is 3.35. The lowest BCUT2D eigenvalue weighted by Gasteiger charge is -2.22. The monoisotopic (exact) mass is 199 g/mol. The Labute approximate surface area is 89.5 Å². The quantitative estimate of drug-likeness (QED) is 0.697. The molecule has 0 bridgehead atoms. The van der Waals surface area contributed by atoms with Crippen LogP contribution in [0, 0.1) is 11.3 Å². The van der Waals surface area contributed by atoms with E-state index in [9.17, 15) is 4.79 Å². The Bertz CT molecular complexity index is 427. The molecule has 1 aliphatic carbocycles. The van der Waals surface area contributed by atoms with Gasteiger partial charge in [-0.05, 0) is 37.5 Å². The molecule has 0 unspecified atom stereocenters. The van der Waals surface area contributed by atoms with Crippen LogP contribution in [-0.2, 0) is 10.2 Å². The summed E-state index contributed by atoms with van der Waals surface area (Å²) in [5.74, 6) is 0.326. The second kappa shape index (κ2) is 3.51. The van der Waals surface area contributed by atoms with Gasteiger partial charge < -0.3 is 0 Å². The first-order chi connectivity index (χ1) is 7.16. The van der Waals surface area contributed by atoms with E-state index in [0.717, 1.165) is 18.4 Å². The number of carbonyl (C=O) groups is 1. The highest BCUT2D eigenvalue weighted by Crippen LogP contribution is 2.37. The van der Waals surface area contributed by atoms with Gasteiger partial charge in [-0.15, -0.1) is 0 Å². The Morgan fingerprint density at radius 1 is 1.33 bits per heavy atom. The van der Waals surface area contributed by atoms with Crippen LogP contribution >= 0.6 is 0 Å². The lowest BCUT2D eigenvalue weighted by Crippen LogP contribution is -2.26. The summed E-state index contributed by atoms with van der Waals surface area (Å²) >= 11 is 0. The number of ketones is 1. The van der Waals surface area contributed by atoms with Crippen LogP contribution in [0.4, 0.5) is 0 Å². The van der Waals surface area contributed by atoms with E-state index in [-0.39, 0.29) is 5.41 Å². The van der Waals surface area contributed by atoms with Crippen LogP contribution in [-0.4, -0.2) is 5.78 Å². The van der Waals surface area contributed by atoms with Crippen molar-refractivity contribution >= 4 is 5.78 Å². The van der Waals surface area contributed by atoms with Crippen molar-refractivity contribution in [3.8, 4) is 6.07 Å². The smallest absolute Gasteiger partial charge is 0.143 e. The fraction of sp³-hybridized carbons (Fsp3) is 0.385. The van der Waals surface area contributed by atoms with Crippen LogP contribution in [0.5, 0.6) is 0 Å². The van der Waals surface area contributed by atoms with Gasteiger partial charge in [0.2, 0.25) is 0 Å². The first-order valence-electron chi connectivity index (χ1n) is 5.21. The average molecular weight is 199 g/mol. The zero-order valence-corrected chi connectivity index (χ0v) is 8.79. The molecule has 2 rings (SSSR count). The van der Waals surface area contributed by atoms with Crippen molar-refractivity contribution in [3.05, 3.63) is 35.4 Å². The van der Waals surface area contributed by atoms with Gasteiger partial charge >= 0.3 is 0 Å². The Morgan fingerprint density at radius 2 is 2.00 bits per heavy atom. The van der Waals surface area contributed by atoms with Gasteiger partial charge in [-0.3, -0.25) is 4.79 Å². The normalized spacial score (nSPS) is 25.2. The molecule has 0 heterocycles. The molecule has 1 aromatic rings.